The van der Waals surface area contributed by atoms with Crippen LogP contribution in [0.3, 0.4) is 0 Å². The first-order chi connectivity index (χ1) is 9.72. The van der Waals surface area contributed by atoms with Crippen molar-refractivity contribution in [1.82, 2.24) is 15.1 Å². The van der Waals surface area contributed by atoms with Gasteiger partial charge in [0.15, 0.2) is 0 Å². The molecule has 0 aliphatic rings. The third-order valence-electron chi connectivity index (χ3n) is 3.37. The summed E-state index contributed by atoms with van der Waals surface area (Å²) in [7, 11) is 1.95. The Hall–Kier alpha value is -1.39. The lowest BCUT2D eigenvalue weighted by Crippen LogP contribution is -2.10. The van der Waals surface area contributed by atoms with Crippen LogP contribution in [0.2, 0.25) is 0 Å². The van der Waals surface area contributed by atoms with Gasteiger partial charge < -0.3 is 10.1 Å². The van der Waals surface area contributed by atoms with Gasteiger partial charge in [0.2, 0.25) is 0 Å². The van der Waals surface area contributed by atoms with Gasteiger partial charge >= 0.3 is 0 Å². The predicted octanol–water partition coefficient (Wildman–Crippen LogP) is 2.82. The number of para-hydroxylation sites is 1. The fourth-order valence-electron chi connectivity index (χ4n) is 2.24. The molecule has 0 saturated heterocycles. The number of rotatable bonds is 8. The molecule has 1 heterocycles. The number of benzene rings is 1. The Bertz CT molecular complexity index is 534. The van der Waals surface area contributed by atoms with E-state index in [9.17, 15) is 0 Å². The lowest BCUT2D eigenvalue weighted by Gasteiger charge is -2.07. The van der Waals surface area contributed by atoms with Gasteiger partial charge in [-0.3, -0.25) is 4.68 Å². The lowest BCUT2D eigenvalue weighted by molar-refractivity contribution is 0.115. The van der Waals surface area contributed by atoms with Gasteiger partial charge in [-0.1, -0.05) is 32.0 Å². The summed E-state index contributed by atoms with van der Waals surface area (Å²) in [5, 5.41) is 9.08. The molecular formula is C16H25N3O. The van der Waals surface area contributed by atoms with Crippen molar-refractivity contribution in [3.05, 3.63) is 30.0 Å². The monoisotopic (exact) mass is 275 g/mol. The Kier molecular flexibility index (Phi) is 5.56. The molecule has 0 spiro atoms. The standard InChI is InChI=1S/C16H25N3O/c1-13(2)8-10-20-11-9-19-16-7-5-4-6-14(16)15(18-19)12-17-3/h4-7,13,17H,8-12H2,1-3H3. The second kappa shape index (κ2) is 7.41. The lowest BCUT2D eigenvalue weighted by atomic mass is 10.1. The van der Waals surface area contributed by atoms with Crippen molar-refractivity contribution in [2.75, 3.05) is 20.3 Å². The summed E-state index contributed by atoms with van der Waals surface area (Å²) in [6.07, 6.45) is 1.12. The molecule has 0 radical (unpaired) electrons. The molecule has 110 valence electrons. The quantitative estimate of drug-likeness (QED) is 0.753. The predicted molar refractivity (Wildman–Crippen MR) is 82.8 cm³/mol. The first kappa shape index (κ1) is 15.0. The van der Waals surface area contributed by atoms with Crippen molar-refractivity contribution in [3.63, 3.8) is 0 Å². The van der Waals surface area contributed by atoms with E-state index in [4.69, 9.17) is 4.74 Å². The number of nitrogens with one attached hydrogen (secondary N) is 1. The maximum Gasteiger partial charge on any atom is 0.0841 e. The van der Waals surface area contributed by atoms with E-state index in [0.717, 1.165) is 38.4 Å². The molecule has 0 aliphatic carbocycles. The van der Waals surface area contributed by atoms with E-state index in [-0.39, 0.29) is 0 Å². The summed E-state index contributed by atoms with van der Waals surface area (Å²) in [6, 6.07) is 8.37. The largest absolute Gasteiger partial charge is 0.380 e. The number of hydrogen-bond acceptors (Lipinski definition) is 3. The van der Waals surface area contributed by atoms with Crippen LogP contribution in [0.15, 0.2) is 24.3 Å². The van der Waals surface area contributed by atoms with Gasteiger partial charge in [-0.25, -0.2) is 0 Å². The second-order valence-electron chi connectivity index (χ2n) is 5.51. The fourth-order valence-corrected chi connectivity index (χ4v) is 2.24. The fraction of sp³-hybridized carbons (Fsp3) is 0.562. The van der Waals surface area contributed by atoms with Crippen LogP contribution in [-0.4, -0.2) is 30.0 Å². The van der Waals surface area contributed by atoms with Gasteiger partial charge in [0.25, 0.3) is 0 Å². The molecule has 0 aliphatic heterocycles. The van der Waals surface area contributed by atoms with Crippen molar-refractivity contribution < 1.29 is 4.74 Å². The minimum absolute atomic E-state index is 0.697. The zero-order chi connectivity index (χ0) is 14.4. The molecule has 0 atom stereocenters. The van der Waals surface area contributed by atoms with Gasteiger partial charge in [0.05, 0.1) is 24.4 Å². The summed E-state index contributed by atoms with van der Waals surface area (Å²) >= 11 is 0. The highest BCUT2D eigenvalue weighted by Gasteiger charge is 2.08. The average Bonchev–Trinajstić information content (AvgIpc) is 2.77. The zero-order valence-corrected chi connectivity index (χ0v) is 12.7. The van der Waals surface area contributed by atoms with Crippen LogP contribution in [0.4, 0.5) is 0 Å². The van der Waals surface area contributed by atoms with Crippen LogP contribution < -0.4 is 5.32 Å². The van der Waals surface area contributed by atoms with Crippen LogP contribution in [0, 0.1) is 5.92 Å². The van der Waals surface area contributed by atoms with Crippen LogP contribution in [0.5, 0.6) is 0 Å². The first-order valence-electron chi connectivity index (χ1n) is 7.39. The van der Waals surface area contributed by atoms with Crippen LogP contribution in [-0.2, 0) is 17.8 Å². The van der Waals surface area contributed by atoms with Crippen LogP contribution in [0.25, 0.3) is 10.9 Å². The van der Waals surface area contributed by atoms with E-state index >= 15 is 0 Å². The smallest absolute Gasteiger partial charge is 0.0841 e. The van der Waals surface area contributed by atoms with Crippen LogP contribution >= 0.6 is 0 Å². The summed E-state index contributed by atoms with van der Waals surface area (Å²) in [5.41, 5.74) is 2.29. The van der Waals surface area contributed by atoms with E-state index in [1.54, 1.807) is 0 Å². The van der Waals surface area contributed by atoms with E-state index < -0.39 is 0 Å². The number of fused-ring (bicyclic) bond motifs is 1. The molecule has 4 heteroatoms. The third kappa shape index (κ3) is 3.81. The Morgan fingerprint density at radius 2 is 2.05 bits per heavy atom. The maximum atomic E-state index is 5.69. The Morgan fingerprint density at radius 1 is 1.25 bits per heavy atom. The summed E-state index contributed by atoms with van der Waals surface area (Å²) in [4.78, 5) is 0. The molecule has 4 nitrogen and oxygen atoms in total. The summed E-state index contributed by atoms with van der Waals surface area (Å²) < 4.78 is 7.74. The molecule has 1 aromatic carbocycles. The average molecular weight is 275 g/mol. The molecule has 20 heavy (non-hydrogen) atoms. The van der Waals surface area contributed by atoms with Crippen LogP contribution in [0.1, 0.15) is 26.0 Å². The van der Waals surface area contributed by atoms with Crippen molar-refractivity contribution in [2.45, 2.75) is 33.4 Å². The third-order valence-corrected chi connectivity index (χ3v) is 3.37. The van der Waals surface area contributed by atoms with E-state index in [1.807, 2.05) is 7.05 Å². The van der Waals surface area contributed by atoms with E-state index in [0.29, 0.717) is 5.92 Å². The Balaban J connectivity index is 1.99. The van der Waals surface area contributed by atoms with Gasteiger partial charge in [-0.05, 0) is 25.5 Å². The van der Waals surface area contributed by atoms with Gasteiger partial charge in [-0.15, -0.1) is 0 Å². The van der Waals surface area contributed by atoms with E-state index in [2.05, 4.69) is 53.2 Å². The highest BCUT2D eigenvalue weighted by molar-refractivity contribution is 5.81. The number of aromatic nitrogens is 2. The number of nitrogens with zero attached hydrogens (tertiary/aromatic N) is 2. The highest BCUT2D eigenvalue weighted by Crippen LogP contribution is 2.18. The van der Waals surface area contributed by atoms with Gasteiger partial charge in [-0.2, -0.15) is 5.10 Å². The zero-order valence-electron chi connectivity index (χ0n) is 12.7. The Labute approximate surface area is 121 Å². The van der Waals surface area contributed by atoms with Crippen molar-refractivity contribution in [3.8, 4) is 0 Å². The van der Waals surface area contributed by atoms with Crippen molar-refractivity contribution in [1.29, 1.82) is 0 Å². The molecule has 0 fully saturated rings. The summed E-state index contributed by atoms with van der Waals surface area (Å²) in [5.74, 6) is 0.697. The molecule has 0 saturated carbocycles. The molecule has 0 amide bonds. The number of hydrogen-bond donors (Lipinski definition) is 1. The molecule has 0 unspecified atom stereocenters. The summed E-state index contributed by atoms with van der Waals surface area (Å²) in [6.45, 7) is 7.59. The molecule has 1 aromatic heterocycles. The van der Waals surface area contributed by atoms with Crippen molar-refractivity contribution in [2.24, 2.45) is 5.92 Å². The number of ether oxygens (including phenoxy) is 1. The Morgan fingerprint density at radius 3 is 2.80 bits per heavy atom. The normalized spacial score (nSPS) is 11.6. The minimum atomic E-state index is 0.697. The molecule has 1 N–H and O–H groups in total. The molecule has 0 bridgehead atoms. The van der Waals surface area contributed by atoms with Gasteiger partial charge in [0, 0.05) is 18.5 Å². The molecular weight excluding hydrogens is 250 g/mol. The van der Waals surface area contributed by atoms with Crippen molar-refractivity contribution >= 4 is 10.9 Å². The first-order valence-corrected chi connectivity index (χ1v) is 7.39. The van der Waals surface area contributed by atoms with Gasteiger partial charge in [0.1, 0.15) is 0 Å². The molecule has 2 rings (SSSR count). The SMILES string of the molecule is CNCc1nn(CCOCCC(C)C)c2ccccc12. The minimum Gasteiger partial charge on any atom is -0.380 e. The highest BCUT2D eigenvalue weighted by atomic mass is 16.5. The topological polar surface area (TPSA) is 39.1 Å². The van der Waals surface area contributed by atoms with E-state index in [1.165, 1.54) is 10.9 Å². The second-order valence-corrected chi connectivity index (χ2v) is 5.51. The molecule has 2 aromatic rings. The maximum absolute atomic E-state index is 5.69.